The van der Waals surface area contributed by atoms with E-state index in [0.29, 0.717) is 0 Å². The van der Waals surface area contributed by atoms with E-state index < -0.39 is 0 Å². The zero-order valence-electron chi connectivity index (χ0n) is 7.63. The van der Waals surface area contributed by atoms with Crippen molar-refractivity contribution >= 4 is 33.1 Å². The minimum Gasteiger partial charge on any atom is -0.0891 e. The normalized spacial score (nSPS) is 16.1. The van der Waals surface area contributed by atoms with Gasteiger partial charge in [0, 0.05) is 9.51 Å². The molecule has 0 amide bonds. The molecule has 0 aromatic heterocycles. The lowest BCUT2D eigenvalue weighted by Gasteiger charge is -2.12. The Kier molecular flexibility index (Phi) is 3.09. The fourth-order valence-corrected chi connectivity index (χ4v) is 2.25. The highest BCUT2D eigenvalue weighted by atomic mass is 79.9. The van der Waals surface area contributed by atoms with Crippen LogP contribution in [-0.2, 0) is 0 Å². The van der Waals surface area contributed by atoms with Gasteiger partial charge in [0.25, 0.3) is 0 Å². The van der Waals surface area contributed by atoms with Gasteiger partial charge >= 0.3 is 0 Å². The van der Waals surface area contributed by atoms with Crippen LogP contribution in [0.15, 0.2) is 45.9 Å². The van der Waals surface area contributed by atoms with Gasteiger partial charge in [-0.05, 0) is 36.1 Å². The number of allylic oxidation sites excluding steroid dienone is 4. The molecule has 0 bridgehead atoms. The molecule has 14 heavy (non-hydrogen) atoms. The second-order valence-electron chi connectivity index (χ2n) is 3.29. The fourth-order valence-electron chi connectivity index (χ4n) is 1.56. The van der Waals surface area contributed by atoms with Crippen LogP contribution in [0.2, 0.25) is 0 Å². The molecule has 0 atom stereocenters. The van der Waals surface area contributed by atoms with Crippen molar-refractivity contribution in [2.24, 2.45) is 0 Å². The van der Waals surface area contributed by atoms with Crippen molar-refractivity contribution in [3.63, 3.8) is 0 Å². The second kappa shape index (κ2) is 4.33. The quantitative estimate of drug-likeness (QED) is 0.690. The third kappa shape index (κ3) is 2.10. The maximum atomic E-state index is 5.91. The molecule has 1 aliphatic rings. The average Bonchev–Trinajstić information content (AvgIpc) is 2.20. The zero-order valence-corrected chi connectivity index (χ0v) is 9.98. The SMILES string of the molecule is ClC1=CC=C(c2ccccc2Br)CC1. The lowest BCUT2D eigenvalue weighted by molar-refractivity contribution is 1.03. The van der Waals surface area contributed by atoms with E-state index in [1.807, 2.05) is 12.1 Å². The van der Waals surface area contributed by atoms with Gasteiger partial charge in [-0.3, -0.25) is 0 Å². The highest BCUT2D eigenvalue weighted by Crippen LogP contribution is 2.32. The largest absolute Gasteiger partial charge is 0.0891 e. The molecular formula is C12H10BrCl. The van der Waals surface area contributed by atoms with Crippen LogP contribution >= 0.6 is 27.5 Å². The number of hydrogen-bond donors (Lipinski definition) is 0. The van der Waals surface area contributed by atoms with Gasteiger partial charge < -0.3 is 0 Å². The van der Waals surface area contributed by atoms with Gasteiger partial charge in [-0.1, -0.05) is 51.8 Å². The Balaban J connectivity index is 2.37. The summed E-state index contributed by atoms with van der Waals surface area (Å²) in [5, 5.41) is 0.945. The summed E-state index contributed by atoms with van der Waals surface area (Å²) in [6, 6.07) is 8.28. The first kappa shape index (κ1) is 10.0. The molecular weight excluding hydrogens is 259 g/mol. The van der Waals surface area contributed by atoms with Crippen molar-refractivity contribution < 1.29 is 0 Å². The first-order valence-electron chi connectivity index (χ1n) is 4.57. The molecule has 0 unspecified atom stereocenters. The standard InChI is InChI=1S/C12H10BrCl/c13-12-4-2-1-3-11(12)9-5-7-10(14)8-6-9/h1-5,7H,6,8H2. The molecule has 2 rings (SSSR count). The highest BCUT2D eigenvalue weighted by molar-refractivity contribution is 9.10. The van der Waals surface area contributed by atoms with Gasteiger partial charge in [-0.15, -0.1) is 0 Å². The second-order valence-corrected chi connectivity index (χ2v) is 4.63. The summed E-state index contributed by atoms with van der Waals surface area (Å²) >= 11 is 9.47. The molecule has 1 aromatic rings. The monoisotopic (exact) mass is 268 g/mol. The molecule has 0 saturated heterocycles. The summed E-state index contributed by atoms with van der Waals surface area (Å²) < 4.78 is 1.15. The molecule has 0 radical (unpaired) electrons. The van der Waals surface area contributed by atoms with Crippen molar-refractivity contribution in [3.05, 3.63) is 51.5 Å². The zero-order chi connectivity index (χ0) is 9.97. The number of benzene rings is 1. The molecule has 0 spiro atoms. The van der Waals surface area contributed by atoms with Crippen LogP contribution in [0.5, 0.6) is 0 Å². The molecule has 0 N–H and O–H groups in total. The van der Waals surface area contributed by atoms with Crippen LogP contribution in [0.4, 0.5) is 0 Å². The lowest BCUT2D eigenvalue weighted by atomic mass is 9.97. The minimum atomic E-state index is 0.945. The van der Waals surface area contributed by atoms with E-state index in [4.69, 9.17) is 11.6 Å². The predicted molar refractivity (Wildman–Crippen MR) is 65.3 cm³/mol. The molecule has 1 aromatic carbocycles. The van der Waals surface area contributed by atoms with E-state index in [-0.39, 0.29) is 0 Å². The van der Waals surface area contributed by atoms with Gasteiger partial charge in [0.05, 0.1) is 0 Å². The van der Waals surface area contributed by atoms with E-state index in [1.54, 1.807) is 0 Å². The first-order valence-corrected chi connectivity index (χ1v) is 5.74. The van der Waals surface area contributed by atoms with Crippen molar-refractivity contribution in [1.82, 2.24) is 0 Å². The Morgan fingerprint density at radius 1 is 1.07 bits per heavy atom. The van der Waals surface area contributed by atoms with Gasteiger partial charge in [0.15, 0.2) is 0 Å². The predicted octanol–water partition coefficient (Wildman–Crippen LogP) is 4.75. The first-order chi connectivity index (χ1) is 6.77. The molecule has 0 aliphatic heterocycles. The summed E-state index contributed by atoms with van der Waals surface area (Å²) in [6.07, 6.45) is 6.07. The van der Waals surface area contributed by atoms with Gasteiger partial charge in [0.2, 0.25) is 0 Å². The summed E-state index contributed by atoms with van der Waals surface area (Å²) in [5.74, 6) is 0. The Morgan fingerprint density at radius 2 is 1.86 bits per heavy atom. The number of rotatable bonds is 1. The maximum Gasteiger partial charge on any atom is 0.0250 e. The van der Waals surface area contributed by atoms with Crippen LogP contribution in [0, 0.1) is 0 Å². The van der Waals surface area contributed by atoms with Crippen LogP contribution in [0.1, 0.15) is 18.4 Å². The van der Waals surface area contributed by atoms with Crippen molar-refractivity contribution in [1.29, 1.82) is 0 Å². The molecule has 2 heteroatoms. The lowest BCUT2D eigenvalue weighted by Crippen LogP contribution is -1.90. The highest BCUT2D eigenvalue weighted by Gasteiger charge is 2.08. The van der Waals surface area contributed by atoms with Crippen LogP contribution in [0.3, 0.4) is 0 Å². The Morgan fingerprint density at radius 3 is 2.50 bits per heavy atom. The molecule has 72 valence electrons. The summed E-state index contributed by atoms with van der Waals surface area (Å²) in [5.41, 5.74) is 2.62. The van der Waals surface area contributed by atoms with Crippen LogP contribution in [0.25, 0.3) is 5.57 Å². The smallest absolute Gasteiger partial charge is 0.0250 e. The van der Waals surface area contributed by atoms with Crippen molar-refractivity contribution in [2.75, 3.05) is 0 Å². The van der Waals surface area contributed by atoms with Crippen molar-refractivity contribution in [3.8, 4) is 0 Å². The molecule has 1 aliphatic carbocycles. The maximum absolute atomic E-state index is 5.91. The van der Waals surface area contributed by atoms with Crippen molar-refractivity contribution in [2.45, 2.75) is 12.8 Å². The summed E-state index contributed by atoms with van der Waals surface area (Å²) in [4.78, 5) is 0. The molecule has 0 fully saturated rings. The minimum absolute atomic E-state index is 0.945. The van der Waals surface area contributed by atoms with Crippen LogP contribution < -0.4 is 0 Å². The molecule has 0 heterocycles. The van der Waals surface area contributed by atoms with Gasteiger partial charge in [-0.2, -0.15) is 0 Å². The van der Waals surface area contributed by atoms with E-state index in [2.05, 4.69) is 40.2 Å². The molecule has 0 nitrogen and oxygen atoms in total. The van der Waals surface area contributed by atoms with E-state index >= 15 is 0 Å². The number of halogens is 2. The van der Waals surface area contributed by atoms with E-state index in [1.165, 1.54) is 11.1 Å². The summed E-state index contributed by atoms with van der Waals surface area (Å²) in [7, 11) is 0. The summed E-state index contributed by atoms with van der Waals surface area (Å²) in [6.45, 7) is 0. The third-order valence-electron chi connectivity index (χ3n) is 2.32. The fraction of sp³-hybridized carbons (Fsp3) is 0.167. The Bertz CT molecular complexity index is 405. The third-order valence-corrected chi connectivity index (χ3v) is 3.32. The average molecular weight is 270 g/mol. The van der Waals surface area contributed by atoms with E-state index in [9.17, 15) is 0 Å². The molecule has 0 saturated carbocycles. The Labute approximate surface area is 97.4 Å². The topological polar surface area (TPSA) is 0 Å². The Hall–Kier alpha value is -0.530. The number of hydrogen-bond acceptors (Lipinski definition) is 0. The van der Waals surface area contributed by atoms with Gasteiger partial charge in [0.1, 0.15) is 0 Å². The van der Waals surface area contributed by atoms with E-state index in [0.717, 1.165) is 22.3 Å². The van der Waals surface area contributed by atoms with Crippen LogP contribution in [-0.4, -0.2) is 0 Å². The van der Waals surface area contributed by atoms with Gasteiger partial charge in [-0.25, -0.2) is 0 Å².